The van der Waals surface area contributed by atoms with E-state index in [1.54, 1.807) is 20.8 Å². The number of carboxylic acid groups (broad SMARTS) is 1. The van der Waals surface area contributed by atoms with Gasteiger partial charge in [0.2, 0.25) is 0 Å². The monoisotopic (exact) mass is 328 g/mol. The van der Waals surface area contributed by atoms with E-state index in [0.717, 1.165) is 4.90 Å². The maximum absolute atomic E-state index is 12.6. The van der Waals surface area contributed by atoms with Gasteiger partial charge in [0.15, 0.2) is 6.04 Å². The van der Waals surface area contributed by atoms with Crippen LogP contribution in [0.2, 0.25) is 0 Å². The van der Waals surface area contributed by atoms with Gasteiger partial charge in [0.1, 0.15) is 11.1 Å². The molecule has 0 aliphatic carbocycles. The van der Waals surface area contributed by atoms with Gasteiger partial charge in [-0.15, -0.1) is 0 Å². The van der Waals surface area contributed by atoms with E-state index >= 15 is 0 Å². The summed E-state index contributed by atoms with van der Waals surface area (Å²) in [4.78, 5) is 38.7. The lowest BCUT2D eigenvalue weighted by Gasteiger charge is -2.53. The van der Waals surface area contributed by atoms with Crippen LogP contribution in [0.15, 0.2) is 0 Å². The van der Waals surface area contributed by atoms with Crippen molar-refractivity contribution < 1.29 is 29.3 Å². The summed E-state index contributed by atoms with van der Waals surface area (Å²) in [5.74, 6) is -1.70. The number of ether oxygens (including phenoxy) is 1. The zero-order valence-electron chi connectivity index (χ0n) is 13.9. The third-order valence-electron chi connectivity index (χ3n) is 4.24. The van der Waals surface area contributed by atoms with Crippen LogP contribution in [0.3, 0.4) is 0 Å². The zero-order chi connectivity index (χ0) is 17.6. The molecular formula is C15H24N2O6. The molecule has 8 heteroatoms. The van der Waals surface area contributed by atoms with Crippen molar-refractivity contribution in [3.05, 3.63) is 0 Å². The summed E-state index contributed by atoms with van der Waals surface area (Å²) in [6.45, 7) is 7.08. The van der Waals surface area contributed by atoms with Crippen molar-refractivity contribution >= 4 is 18.0 Å². The van der Waals surface area contributed by atoms with Gasteiger partial charge < -0.3 is 19.8 Å². The lowest BCUT2D eigenvalue weighted by Crippen LogP contribution is -2.76. The summed E-state index contributed by atoms with van der Waals surface area (Å²) in [5, 5.41) is 18.8. The number of rotatable bonds is 3. The fourth-order valence-electron chi connectivity index (χ4n) is 3.27. The highest BCUT2D eigenvalue weighted by Gasteiger charge is 2.63. The van der Waals surface area contributed by atoms with Gasteiger partial charge in [-0.3, -0.25) is 9.69 Å². The van der Waals surface area contributed by atoms with Crippen LogP contribution in [0, 0.1) is 0 Å². The topological polar surface area (TPSA) is 107 Å². The number of hydrogen-bond acceptors (Lipinski definition) is 5. The van der Waals surface area contributed by atoms with Gasteiger partial charge >= 0.3 is 12.1 Å². The SMILES string of the molecule is CC(O)C(C(=O)O)N1CC2(CCCN2C(=O)OC(C)(C)C)C1=O. The molecule has 0 aromatic carbocycles. The van der Waals surface area contributed by atoms with Gasteiger partial charge in [-0.05, 0) is 40.5 Å². The van der Waals surface area contributed by atoms with E-state index in [9.17, 15) is 24.6 Å². The Labute approximate surface area is 135 Å². The van der Waals surface area contributed by atoms with Gasteiger partial charge in [-0.1, -0.05) is 0 Å². The number of carboxylic acids is 1. The summed E-state index contributed by atoms with van der Waals surface area (Å²) in [7, 11) is 0. The molecule has 1 spiro atoms. The minimum atomic E-state index is -1.30. The largest absolute Gasteiger partial charge is 0.480 e. The molecule has 0 radical (unpaired) electrons. The molecule has 3 atom stereocenters. The first-order chi connectivity index (χ1) is 10.5. The highest BCUT2D eigenvalue weighted by Crippen LogP contribution is 2.41. The Morgan fingerprint density at radius 2 is 1.96 bits per heavy atom. The van der Waals surface area contributed by atoms with Crippen molar-refractivity contribution in [3.8, 4) is 0 Å². The molecule has 2 N–H and O–H groups in total. The van der Waals surface area contributed by atoms with Gasteiger partial charge in [-0.25, -0.2) is 9.59 Å². The second-order valence-electron chi connectivity index (χ2n) is 7.22. The summed E-state index contributed by atoms with van der Waals surface area (Å²) >= 11 is 0. The molecule has 2 heterocycles. The Bertz CT molecular complexity index is 527. The first-order valence-electron chi connectivity index (χ1n) is 7.72. The number of carbonyl (C=O) groups excluding carboxylic acids is 2. The van der Waals surface area contributed by atoms with Crippen LogP contribution in [0.4, 0.5) is 4.79 Å². The lowest BCUT2D eigenvalue weighted by molar-refractivity contribution is -0.176. The molecule has 0 aromatic rings. The molecule has 0 aromatic heterocycles. The third kappa shape index (κ3) is 2.99. The predicted octanol–water partition coefficient (Wildman–Crippen LogP) is 0.432. The molecule has 2 rings (SSSR count). The van der Waals surface area contributed by atoms with Crippen LogP contribution in [0.25, 0.3) is 0 Å². The number of hydrogen-bond donors (Lipinski definition) is 2. The normalized spacial score (nSPS) is 26.9. The number of likely N-dealkylation sites (tertiary alicyclic amines) is 2. The standard InChI is InChI=1S/C15H24N2O6/c1-9(18)10(11(19)20)16-8-15(12(16)21)6-5-7-17(15)13(22)23-14(2,3)4/h9-10,18H,5-8H2,1-4H3,(H,19,20). The van der Waals surface area contributed by atoms with Crippen molar-refractivity contribution in [2.75, 3.05) is 13.1 Å². The van der Waals surface area contributed by atoms with Crippen molar-refractivity contribution in [1.29, 1.82) is 0 Å². The molecule has 130 valence electrons. The van der Waals surface area contributed by atoms with Gasteiger partial charge in [0.05, 0.1) is 12.6 Å². The highest BCUT2D eigenvalue weighted by atomic mass is 16.6. The third-order valence-corrected chi connectivity index (χ3v) is 4.24. The molecule has 23 heavy (non-hydrogen) atoms. The molecule has 0 bridgehead atoms. The number of aliphatic hydroxyl groups is 1. The summed E-state index contributed by atoms with van der Waals surface area (Å²) in [6, 6.07) is -1.30. The maximum Gasteiger partial charge on any atom is 0.411 e. The second kappa shape index (κ2) is 5.67. The second-order valence-corrected chi connectivity index (χ2v) is 7.22. The lowest BCUT2D eigenvalue weighted by atomic mass is 9.83. The zero-order valence-corrected chi connectivity index (χ0v) is 13.9. The van der Waals surface area contributed by atoms with E-state index in [1.807, 2.05) is 0 Å². The van der Waals surface area contributed by atoms with Crippen molar-refractivity contribution in [2.45, 2.75) is 63.8 Å². The number of nitrogens with zero attached hydrogens (tertiary/aromatic N) is 2. The van der Waals surface area contributed by atoms with Crippen molar-refractivity contribution in [1.82, 2.24) is 9.80 Å². The number of carbonyl (C=O) groups is 3. The van der Waals surface area contributed by atoms with E-state index in [0.29, 0.717) is 19.4 Å². The van der Waals surface area contributed by atoms with Gasteiger partial charge in [-0.2, -0.15) is 0 Å². The Balaban J connectivity index is 2.16. The quantitative estimate of drug-likeness (QED) is 0.728. The fraction of sp³-hybridized carbons (Fsp3) is 0.800. The minimum absolute atomic E-state index is 0.104. The van der Waals surface area contributed by atoms with Crippen LogP contribution in [0.5, 0.6) is 0 Å². The first-order valence-corrected chi connectivity index (χ1v) is 7.72. The van der Waals surface area contributed by atoms with Crippen LogP contribution in [-0.2, 0) is 14.3 Å². The van der Waals surface area contributed by atoms with E-state index in [2.05, 4.69) is 0 Å². The maximum atomic E-state index is 12.6. The fourth-order valence-corrected chi connectivity index (χ4v) is 3.27. The van der Waals surface area contributed by atoms with Crippen molar-refractivity contribution in [3.63, 3.8) is 0 Å². The molecular weight excluding hydrogens is 304 g/mol. The molecule has 2 saturated heterocycles. The predicted molar refractivity (Wildman–Crippen MR) is 79.7 cm³/mol. The average Bonchev–Trinajstić information content (AvgIpc) is 2.81. The van der Waals surface area contributed by atoms with Crippen LogP contribution >= 0.6 is 0 Å². The number of aliphatic hydroxyl groups excluding tert-OH is 1. The molecule has 2 aliphatic heterocycles. The van der Waals surface area contributed by atoms with E-state index in [4.69, 9.17) is 4.74 Å². The Morgan fingerprint density at radius 3 is 2.39 bits per heavy atom. The minimum Gasteiger partial charge on any atom is -0.480 e. The number of amides is 2. The van der Waals surface area contributed by atoms with Gasteiger partial charge in [0, 0.05) is 6.54 Å². The number of aliphatic carboxylic acids is 1. The number of β-lactam (4-membered cyclic amide) rings is 1. The molecule has 3 unspecified atom stereocenters. The van der Waals surface area contributed by atoms with Crippen LogP contribution in [0.1, 0.15) is 40.5 Å². The van der Waals surface area contributed by atoms with Crippen LogP contribution < -0.4 is 0 Å². The molecule has 2 fully saturated rings. The van der Waals surface area contributed by atoms with E-state index in [-0.39, 0.29) is 6.54 Å². The Morgan fingerprint density at radius 1 is 1.35 bits per heavy atom. The molecule has 2 amide bonds. The first kappa shape index (κ1) is 17.5. The summed E-state index contributed by atoms with van der Waals surface area (Å²) < 4.78 is 5.34. The Hall–Kier alpha value is -1.83. The van der Waals surface area contributed by atoms with E-state index < -0.39 is 41.3 Å². The van der Waals surface area contributed by atoms with Crippen LogP contribution in [-0.4, -0.2) is 74.4 Å². The van der Waals surface area contributed by atoms with Crippen molar-refractivity contribution in [2.24, 2.45) is 0 Å². The summed E-state index contributed by atoms with van der Waals surface area (Å²) in [5.41, 5.74) is -1.69. The molecule has 0 saturated carbocycles. The van der Waals surface area contributed by atoms with E-state index in [1.165, 1.54) is 11.8 Å². The molecule has 2 aliphatic rings. The highest BCUT2D eigenvalue weighted by molar-refractivity contribution is 5.98. The smallest absolute Gasteiger partial charge is 0.411 e. The molecule has 8 nitrogen and oxygen atoms in total. The van der Waals surface area contributed by atoms with Gasteiger partial charge in [0.25, 0.3) is 5.91 Å². The summed E-state index contributed by atoms with van der Waals surface area (Å²) in [6.07, 6.45) is -0.615. The average molecular weight is 328 g/mol. The Kier molecular flexibility index (Phi) is 4.32.